The summed E-state index contributed by atoms with van der Waals surface area (Å²) in [6.45, 7) is 0.568. The molecule has 0 bridgehead atoms. The lowest BCUT2D eigenvalue weighted by Gasteiger charge is -2.35. The minimum Gasteiger partial charge on any atom is -0.733 e. The zero-order valence-electron chi connectivity index (χ0n) is 11.5. The minimum absolute atomic E-state index is 0.568. The highest BCUT2D eigenvalue weighted by atomic mass is 19.4. The summed E-state index contributed by atoms with van der Waals surface area (Å²) in [6.07, 6.45) is -13.4. The van der Waals surface area contributed by atoms with Crippen LogP contribution in [0.4, 0.5) is 37.7 Å². The van der Waals surface area contributed by atoms with E-state index in [1.807, 2.05) is 0 Å². The first-order valence-corrected chi connectivity index (χ1v) is 6.08. The van der Waals surface area contributed by atoms with Crippen molar-refractivity contribution in [2.45, 2.75) is 25.7 Å². The van der Waals surface area contributed by atoms with E-state index in [4.69, 9.17) is 5.21 Å². The van der Waals surface area contributed by atoms with Gasteiger partial charge < -0.3 is 15.8 Å². The topological polar surface area (TPSA) is 75.6 Å². The van der Waals surface area contributed by atoms with E-state index in [0.717, 1.165) is 18.2 Å². The molecule has 130 valence electrons. The lowest BCUT2D eigenvalue weighted by molar-refractivity contribution is -0.324. The third kappa shape index (κ3) is 3.34. The number of para-hydroxylation sites is 2. The molecule has 0 spiro atoms. The van der Waals surface area contributed by atoms with Crippen LogP contribution in [0.25, 0.3) is 0 Å². The maximum absolute atomic E-state index is 13.0. The molecular formula is C12H11F6N2O3-. The number of anilines is 2. The van der Waals surface area contributed by atoms with Gasteiger partial charge in [-0.25, -0.2) is 0 Å². The van der Waals surface area contributed by atoms with Gasteiger partial charge in [0.2, 0.25) is 11.3 Å². The van der Waals surface area contributed by atoms with Gasteiger partial charge in [-0.3, -0.25) is 10.0 Å². The Hall–Kier alpha value is -2.01. The van der Waals surface area contributed by atoms with Crippen LogP contribution in [-0.4, -0.2) is 23.5 Å². The van der Waals surface area contributed by atoms with Crippen LogP contribution >= 0.6 is 0 Å². The first-order chi connectivity index (χ1) is 10.4. The Kier molecular flexibility index (Phi) is 5.16. The normalized spacial score (nSPS) is 12.9. The molecule has 5 nitrogen and oxygen atoms in total. The summed E-state index contributed by atoms with van der Waals surface area (Å²) in [5.41, 5.74) is -6.05. The quantitative estimate of drug-likeness (QED) is 0.642. The van der Waals surface area contributed by atoms with Gasteiger partial charge in [0.05, 0.1) is 11.4 Å². The summed E-state index contributed by atoms with van der Waals surface area (Å²) in [5.74, 6) is -2.39. The Labute approximate surface area is 126 Å². The van der Waals surface area contributed by atoms with Gasteiger partial charge >= 0.3 is 12.4 Å². The predicted octanol–water partition coefficient (Wildman–Crippen LogP) is 3.84. The van der Waals surface area contributed by atoms with Crippen LogP contribution in [0.3, 0.4) is 0 Å². The molecule has 0 aliphatic heterocycles. The van der Waals surface area contributed by atoms with E-state index in [9.17, 15) is 36.3 Å². The van der Waals surface area contributed by atoms with Gasteiger partial charge in [-0.1, -0.05) is 19.1 Å². The lowest BCUT2D eigenvalue weighted by Crippen LogP contribution is -2.57. The van der Waals surface area contributed by atoms with Crippen LogP contribution in [0.2, 0.25) is 0 Å². The van der Waals surface area contributed by atoms with Crippen molar-refractivity contribution in [1.29, 1.82) is 0 Å². The molecule has 23 heavy (non-hydrogen) atoms. The summed E-state index contributed by atoms with van der Waals surface area (Å²) in [4.78, 5) is 11.8. The number of halogens is 6. The van der Waals surface area contributed by atoms with Crippen LogP contribution < -0.4 is 10.5 Å². The number of hydrogen-bond donors (Lipinski definition) is 2. The van der Waals surface area contributed by atoms with Gasteiger partial charge in [0.25, 0.3) is 0 Å². The smallest absolute Gasteiger partial charge is 0.412 e. The fraction of sp³-hybridized carbons (Fsp3) is 0.417. The molecule has 1 aromatic rings. The van der Waals surface area contributed by atoms with Crippen LogP contribution in [0, 0.1) is 10.6 Å². The zero-order valence-corrected chi connectivity index (χ0v) is 11.5. The average Bonchev–Trinajstić information content (AvgIpc) is 2.36. The highest BCUT2D eigenvalue weighted by Gasteiger charge is 2.74. The molecule has 0 radical (unpaired) electrons. The van der Waals surface area contributed by atoms with Gasteiger partial charge in [-0.15, -0.1) is 0 Å². The summed E-state index contributed by atoms with van der Waals surface area (Å²) in [7, 11) is 0. The van der Waals surface area contributed by atoms with E-state index in [1.54, 1.807) is 0 Å². The molecule has 0 aromatic heterocycles. The SMILES string of the molecule is CCC(C(=O)Nc1ccccc1N([O-])O)(C(F)(F)F)C(F)(F)F. The van der Waals surface area contributed by atoms with E-state index in [-0.39, 0.29) is 0 Å². The highest BCUT2D eigenvalue weighted by molar-refractivity contribution is 5.99. The van der Waals surface area contributed by atoms with Crippen molar-refractivity contribution in [2.24, 2.45) is 5.41 Å². The van der Waals surface area contributed by atoms with Crippen molar-refractivity contribution in [1.82, 2.24) is 0 Å². The first-order valence-electron chi connectivity index (χ1n) is 6.08. The first kappa shape index (κ1) is 19.0. The molecule has 2 N–H and O–H groups in total. The molecule has 1 rings (SSSR count). The molecule has 1 amide bonds. The summed E-state index contributed by atoms with van der Waals surface area (Å²) in [6, 6.07) is 4.11. The third-order valence-electron chi connectivity index (χ3n) is 3.24. The van der Waals surface area contributed by atoms with Crippen molar-refractivity contribution in [3.63, 3.8) is 0 Å². The second-order valence-electron chi connectivity index (χ2n) is 4.50. The van der Waals surface area contributed by atoms with Crippen molar-refractivity contribution in [3.05, 3.63) is 29.5 Å². The number of nitrogens with one attached hydrogen (secondary N) is 1. The molecule has 0 heterocycles. The number of carbonyl (C=O) groups excluding carboxylic acids is 1. The fourth-order valence-corrected chi connectivity index (χ4v) is 1.95. The van der Waals surface area contributed by atoms with Crippen molar-refractivity contribution < 1.29 is 36.3 Å². The number of nitrogens with zero attached hydrogens (tertiary/aromatic N) is 1. The molecule has 0 saturated carbocycles. The second kappa shape index (κ2) is 6.24. The van der Waals surface area contributed by atoms with Crippen LogP contribution in [0.1, 0.15) is 13.3 Å². The lowest BCUT2D eigenvalue weighted by atomic mass is 9.82. The Bertz CT molecular complexity index is 557. The molecular weight excluding hydrogens is 334 g/mol. The summed E-state index contributed by atoms with van der Waals surface area (Å²) in [5, 5.41) is 20.2. The molecule has 0 aliphatic rings. The molecule has 1 aromatic carbocycles. The van der Waals surface area contributed by atoms with Crippen LogP contribution in [0.15, 0.2) is 24.3 Å². The minimum atomic E-state index is -5.91. The molecule has 0 unspecified atom stereocenters. The monoisotopic (exact) mass is 345 g/mol. The molecule has 0 fully saturated rings. The average molecular weight is 345 g/mol. The molecule has 0 atom stereocenters. The molecule has 0 saturated heterocycles. The molecule has 0 aliphatic carbocycles. The van der Waals surface area contributed by atoms with E-state index >= 15 is 0 Å². The third-order valence-corrected chi connectivity index (χ3v) is 3.24. The number of alkyl halides is 6. The van der Waals surface area contributed by atoms with Gasteiger partial charge in [0.15, 0.2) is 0 Å². The van der Waals surface area contributed by atoms with Gasteiger partial charge in [0.1, 0.15) is 0 Å². The number of hydrogen-bond acceptors (Lipinski definition) is 4. The standard InChI is InChI=1S/C12H11F6N2O3/c1-2-10(11(13,14)15,12(16,17)18)9(21)19-7-5-3-4-6-8(7)20(22)23/h3-6,22H,2H2,1H3,(H,19,21)/q-1. The largest absolute Gasteiger partial charge is 0.733 e. The highest BCUT2D eigenvalue weighted by Crippen LogP contribution is 2.53. The van der Waals surface area contributed by atoms with Crippen molar-refractivity contribution in [2.75, 3.05) is 10.5 Å². The summed E-state index contributed by atoms with van der Waals surface area (Å²) < 4.78 is 77.9. The van der Waals surface area contributed by atoms with E-state index < -0.39 is 46.7 Å². The van der Waals surface area contributed by atoms with E-state index in [1.165, 1.54) is 11.4 Å². The van der Waals surface area contributed by atoms with Crippen LogP contribution in [0.5, 0.6) is 0 Å². The van der Waals surface area contributed by atoms with Gasteiger partial charge in [-0.05, 0) is 18.6 Å². The Balaban J connectivity index is 3.35. The van der Waals surface area contributed by atoms with Crippen molar-refractivity contribution >= 4 is 17.3 Å². The van der Waals surface area contributed by atoms with Gasteiger partial charge in [-0.2, -0.15) is 26.3 Å². The Morgan fingerprint density at radius 2 is 1.65 bits per heavy atom. The van der Waals surface area contributed by atoms with Gasteiger partial charge in [0, 0.05) is 0 Å². The number of amides is 1. The number of benzene rings is 1. The summed E-state index contributed by atoms with van der Waals surface area (Å²) >= 11 is 0. The Morgan fingerprint density at radius 3 is 2.04 bits per heavy atom. The van der Waals surface area contributed by atoms with Crippen molar-refractivity contribution in [3.8, 4) is 0 Å². The molecule has 11 heteroatoms. The zero-order chi connectivity index (χ0) is 18.1. The second-order valence-corrected chi connectivity index (χ2v) is 4.50. The van der Waals surface area contributed by atoms with E-state index in [0.29, 0.717) is 6.92 Å². The predicted molar refractivity (Wildman–Crippen MR) is 67.5 cm³/mol. The Morgan fingerprint density at radius 1 is 1.17 bits per heavy atom. The van der Waals surface area contributed by atoms with Crippen LogP contribution in [-0.2, 0) is 4.79 Å². The maximum atomic E-state index is 13.0. The van der Waals surface area contributed by atoms with E-state index in [2.05, 4.69) is 0 Å². The number of rotatable bonds is 4. The fourth-order valence-electron chi connectivity index (χ4n) is 1.95. The maximum Gasteiger partial charge on any atom is 0.412 e. The number of carbonyl (C=O) groups is 1.